The quantitative estimate of drug-likeness (QED) is 0.921. The Kier molecular flexibility index (Phi) is 5.60. The van der Waals surface area contributed by atoms with E-state index in [1.165, 1.54) is 12.3 Å². The standard InChI is InChI=1S/C17H23FN6O/c1-2-23-7-4-20-16(23)13-22-5-3-6-24(9-8-22)17(25)21-15-10-14(18)11-19-12-15/h4,7,10-12H,2-3,5-6,8-9,13H2,1H3,(H,21,25). The molecule has 0 spiro atoms. The van der Waals surface area contributed by atoms with Crippen LogP contribution in [-0.4, -0.2) is 56.5 Å². The Morgan fingerprint density at radius 1 is 1.28 bits per heavy atom. The summed E-state index contributed by atoms with van der Waals surface area (Å²) in [6.45, 7) is 6.78. The predicted molar refractivity (Wildman–Crippen MR) is 92.6 cm³/mol. The van der Waals surface area contributed by atoms with Crippen LogP contribution in [0.4, 0.5) is 14.9 Å². The molecule has 0 aliphatic carbocycles. The summed E-state index contributed by atoms with van der Waals surface area (Å²) in [5.74, 6) is 0.581. The lowest BCUT2D eigenvalue weighted by molar-refractivity contribution is 0.210. The molecule has 2 aromatic rings. The highest BCUT2D eigenvalue weighted by atomic mass is 19.1. The molecule has 8 heteroatoms. The van der Waals surface area contributed by atoms with Crippen molar-refractivity contribution in [3.63, 3.8) is 0 Å². The zero-order valence-corrected chi connectivity index (χ0v) is 14.4. The van der Waals surface area contributed by atoms with E-state index in [1.54, 1.807) is 4.90 Å². The molecule has 0 saturated carbocycles. The first-order valence-electron chi connectivity index (χ1n) is 8.54. The smallest absolute Gasteiger partial charge is 0.321 e. The highest BCUT2D eigenvalue weighted by Crippen LogP contribution is 2.11. The van der Waals surface area contributed by atoms with E-state index in [2.05, 4.69) is 31.7 Å². The summed E-state index contributed by atoms with van der Waals surface area (Å²) in [5.41, 5.74) is 0.371. The van der Waals surface area contributed by atoms with Gasteiger partial charge in [-0.05, 0) is 13.3 Å². The van der Waals surface area contributed by atoms with E-state index in [4.69, 9.17) is 0 Å². The van der Waals surface area contributed by atoms with Gasteiger partial charge in [-0.2, -0.15) is 0 Å². The van der Waals surface area contributed by atoms with Crippen molar-refractivity contribution in [3.05, 3.63) is 42.5 Å². The van der Waals surface area contributed by atoms with Crippen molar-refractivity contribution in [1.29, 1.82) is 0 Å². The van der Waals surface area contributed by atoms with Crippen molar-refractivity contribution >= 4 is 11.7 Å². The zero-order chi connectivity index (χ0) is 17.6. The number of pyridine rings is 1. The molecule has 3 heterocycles. The third-order valence-electron chi connectivity index (χ3n) is 4.34. The Morgan fingerprint density at radius 2 is 2.16 bits per heavy atom. The van der Waals surface area contributed by atoms with Gasteiger partial charge in [0.15, 0.2) is 0 Å². The van der Waals surface area contributed by atoms with Gasteiger partial charge in [-0.1, -0.05) is 0 Å². The second-order valence-electron chi connectivity index (χ2n) is 6.07. The molecular formula is C17H23FN6O. The van der Waals surface area contributed by atoms with Gasteiger partial charge in [0, 0.05) is 51.2 Å². The van der Waals surface area contributed by atoms with Crippen molar-refractivity contribution < 1.29 is 9.18 Å². The van der Waals surface area contributed by atoms with E-state index in [1.807, 2.05) is 12.4 Å². The van der Waals surface area contributed by atoms with E-state index >= 15 is 0 Å². The van der Waals surface area contributed by atoms with Crippen LogP contribution in [0.2, 0.25) is 0 Å². The maximum atomic E-state index is 13.2. The topological polar surface area (TPSA) is 66.3 Å². The molecule has 2 amide bonds. The Bertz CT molecular complexity index is 719. The third-order valence-corrected chi connectivity index (χ3v) is 4.34. The first-order valence-corrected chi connectivity index (χ1v) is 8.54. The first kappa shape index (κ1) is 17.3. The van der Waals surface area contributed by atoms with E-state index in [0.717, 1.165) is 44.6 Å². The SMILES string of the molecule is CCn1ccnc1CN1CCCN(C(=O)Nc2cncc(F)c2)CC1. The van der Waals surface area contributed by atoms with Gasteiger partial charge in [0.2, 0.25) is 0 Å². The number of aryl methyl sites for hydroxylation is 1. The number of halogens is 1. The molecule has 1 N–H and O–H groups in total. The molecule has 134 valence electrons. The minimum absolute atomic E-state index is 0.218. The van der Waals surface area contributed by atoms with Crippen molar-refractivity contribution in [1.82, 2.24) is 24.3 Å². The molecule has 1 saturated heterocycles. The Balaban J connectivity index is 1.55. The summed E-state index contributed by atoms with van der Waals surface area (Å²) in [5, 5.41) is 2.71. The van der Waals surface area contributed by atoms with Crippen LogP contribution >= 0.6 is 0 Å². The number of anilines is 1. The molecule has 2 aromatic heterocycles. The van der Waals surface area contributed by atoms with E-state index in [9.17, 15) is 9.18 Å². The summed E-state index contributed by atoms with van der Waals surface area (Å²) >= 11 is 0. The van der Waals surface area contributed by atoms with Gasteiger partial charge in [-0.25, -0.2) is 14.2 Å². The van der Waals surface area contributed by atoms with Crippen LogP contribution in [0.15, 0.2) is 30.9 Å². The molecular weight excluding hydrogens is 323 g/mol. The predicted octanol–water partition coefficient (Wildman–Crippen LogP) is 2.18. The lowest BCUT2D eigenvalue weighted by Gasteiger charge is -2.22. The van der Waals surface area contributed by atoms with Gasteiger partial charge < -0.3 is 14.8 Å². The van der Waals surface area contributed by atoms with Gasteiger partial charge in [0.05, 0.1) is 24.6 Å². The van der Waals surface area contributed by atoms with Crippen molar-refractivity contribution in [2.24, 2.45) is 0 Å². The fourth-order valence-corrected chi connectivity index (χ4v) is 2.99. The van der Waals surface area contributed by atoms with E-state index < -0.39 is 5.82 Å². The minimum Gasteiger partial charge on any atom is -0.334 e. The highest BCUT2D eigenvalue weighted by molar-refractivity contribution is 5.89. The Hall–Kier alpha value is -2.48. The number of nitrogens with zero attached hydrogens (tertiary/aromatic N) is 5. The lowest BCUT2D eigenvalue weighted by Crippen LogP contribution is -2.38. The van der Waals surface area contributed by atoms with Gasteiger partial charge in [-0.3, -0.25) is 9.88 Å². The average molecular weight is 346 g/mol. The number of aromatic nitrogens is 3. The number of imidazole rings is 1. The summed E-state index contributed by atoms with van der Waals surface area (Å²) in [6.07, 6.45) is 7.25. The van der Waals surface area contributed by atoms with Crippen LogP contribution in [0.3, 0.4) is 0 Å². The first-order chi connectivity index (χ1) is 12.2. The second-order valence-corrected chi connectivity index (χ2v) is 6.07. The monoisotopic (exact) mass is 346 g/mol. The summed E-state index contributed by atoms with van der Waals surface area (Å²) in [7, 11) is 0. The normalized spacial score (nSPS) is 15.8. The molecule has 0 aromatic carbocycles. The number of nitrogens with one attached hydrogen (secondary N) is 1. The van der Waals surface area contributed by atoms with Crippen molar-refractivity contribution in [2.75, 3.05) is 31.5 Å². The van der Waals surface area contributed by atoms with Crippen molar-refractivity contribution in [3.8, 4) is 0 Å². The van der Waals surface area contributed by atoms with E-state index in [-0.39, 0.29) is 6.03 Å². The van der Waals surface area contributed by atoms with Crippen LogP contribution in [0.5, 0.6) is 0 Å². The number of carbonyl (C=O) groups excluding carboxylic acids is 1. The lowest BCUT2D eigenvalue weighted by atomic mass is 10.3. The molecule has 0 atom stereocenters. The second kappa shape index (κ2) is 8.06. The largest absolute Gasteiger partial charge is 0.334 e. The number of carbonyl (C=O) groups is 1. The van der Waals surface area contributed by atoms with Gasteiger partial charge in [-0.15, -0.1) is 0 Å². The number of hydrogen-bond acceptors (Lipinski definition) is 4. The number of urea groups is 1. The van der Waals surface area contributed by atoms with Crippen LogP contribution in [0.1, 0.15) is 19.2 Å². The fraction of sp³-hybridized carbons (Fsp3) is 0.471. The van der Waals surface area contributed by atoms with Crippen LogP contribution in [0.25, 0.3) is 0 Å². The maximum absolute atomic E-state index is 13.2. The van der Waals surface area contributed by atoms with Crippen molar-refractivity contribution in [2.45, 2.75) is 26.4 Å². The zero-order valence-electron chi connectivity index (χ0n) is 14.4. The van der Waals surface area contributed by atoms with Crippen LogP contribution < -0.4 is 5.32 Å². The molecule has 0 bridgehead atoms. The maximum Gasteiger partial charge on any atom is 0.321 e. The summed E-state index contributed by atoms with van der Waals surface area (Å²) in [4.78, 5) is 24.6. The molecule has 1 aliphatic heterocycles. The minimum atomic E-state index is -0.466. The number of rotatable bonds is 4. The molecule has 1 fully saturated rings. The molecule has 1 aliphatic rings. The highest BCUT2D eigenvalue weighted by Gasteiger charge is 2.20. The van der Waals surface area contributed by atoms with Gasteiger partial charge in [0.25, 0.3) is 0 Å². The molecule has 3 rings (SSSR count). The Morgan fingerprint density at radius 3 is 2.96 bits per heavy atom. The number of amides is 2. The summed E-state index contributed by atoms with van der Waals surface area (Å²) < 4.78 is 15.3. The molecule has 0 unspecified atom stereocenters. The molecule has 25 heavy (non-hydrogen) atoms. The average Bonchev–Trinajstić information content (AvgIpc) is 2.90. The van der Waals surface area contributed by atoms with Gasteiger partial charge in [0.1, 0.15) is 11.6 Å². The van der Waals surface area contributed by atoms with Crippen LogP contribution in [-0.2, 0) is 13.1 Å². The third kappa shape index (κ3) is 4.54. The van der Waals surface area contributed by atoms with Gasteiger partial charge >= 0.3 is 6.03 Å². The molecule has 7 nitrogen and oxygen atoms in total. The number of hydrogen-bond donors (Lipinski definition) is 1. The fourth-order valence-electron chi connectivity index (χ4n) is 2.99. The molecule has 0 radical (unpaired) electrons. The summed E-state index contributed by atoms with van der Waals surface area (Å²) in [6, 6.07) is 1.05. The van der Waals surface area contributed by atoms with E-state index in [0.29, 0.717) is 18.8 Å². The van der Waals surface area contributed by atoms with Crippen LogP contribution in [0, 0.1) is 5.82 Å². The Labute approximate surface area is 146 Å².